The van der Waals surface area contributed by atoms with Crippen LogP contribution in [0.3, 0.4) is 0 Å². The van der Waals surface area contributed by atoms with Crippen LogP contribution in [0.25, 0.3) is 0 Å². The van der Waals surface area contributed by atoms with E-state index in [0.29, 0.717) is 11.6 Å². The molecule has 1 aliphatic heterocycles. The molecule has 1 aromatic carbocycles. The number of likely N-dealkylation sites (N-methyl/N-ethyl adjacent to an activating group) is 2. The van der Waals surface area contributed by atoms with Crippen LogP contribution < -0.4 is 10.6 Å². The lowest BCUT2D eigenvalue weighted by Crippen LogP contribution is -2.36. The number of amidine groups is 1. The second-order valence-corrected chi connectivity index (χ2v) is 6.16. The van der Waals surface area contributed by atoms with Gasteiger partial charge in [-0.05, 0) is 60.6 Å². The fourth-order valence-electron chi connectivity index (χ4n) is 2.63. The van der Waals surface area contributed by atoms with E-state index in [0.717, 1.165) is 16.7 Å². The van der Waals surface area contributed by atoms with Crippen molar-refractivity contribution in [3.63, 3.8) is 0 Å². The van der Waals surface area contributed by atoms with E-state index in [1.165, 1.54) is 19.4 Å². The maximum Gasteiger partial charge on any atom is 0.171 e. The van der Waals surface area contributed by atoms with Gasteiger partial charge < -0.3 is 20.7 Å². The summed E-state index contributed by atoms with van der Waals surface area (Å²) in [6.45, 7) is 2.19. The molecule has 20 heavy (non-hydrogen) atoms. The Bertz CT molecular complexity index is 506. The summed E-state index contributed by atoms with van der Waals surface area (Å²) in [7, 11) is 4.28. The topological polar surface area (TPSA) is 65.1 Å². The van der Waals surface area contributed by atoms with E-state index in [-0.39, 0.29) is 5.84 Å². The Morgan fingerprint density at radius 3 is 2.90 bits per heavy atom. The van der Waals surface area contributed by atoms with Crippen molar-refractivity contribution < 1.29 is 5.21 Å². The number of hydrogen-bond acceptors (Lipinski definition) is 4. The summed E-state index contributed by atoms with van der Waals surface area (Å²) in [4.78, 5) is 4.66. The molecule has 3 N–H and O–H groups in total. The lowest BCUT2D eigenvalue weighted by Gasteiger charge is -2.27. The van der Waals surface area contributed by atoms with Crippen LogP contribution in [0.5, 0.6) is 0 Å². The minimum absolute atomic E-state index is 0.113. The number of benzene rings is 1. The van der Waals surface area contributed by atoms with E-state index in [1.807, 2.05) is 18.2 Å². The maximum atomic E-state index is 8.74. The van der Waals surface area contributed by atoms with Crippen molar-refractivity contribution in [3.8, 4) is 0 Å². The lowest BCUT2D eigenvalue weighted by atomic mass is 10.1. The highest BCUT2D eigenvalue weighted by Crippen LogP contribution is 2.25. The molecular weight excluding hydrogens is 320 g/mol. The van der Waals surface area contributed by atoms with E-state index >= 15 is 0 Å². The third-order valence-corrected chi connectivity index (χ3v) is 4.59. The molecular formula is C14H21BrN4O. The van der Waals surface area contributed by atoms with Gasteiger partial charge in [-0.2, -0.15) is 0 Å². The number of anilines is 1. The largest absolute Gasteiger partial charge is 0.409 e. The molecule has 2 rings (SSSR count). The Hall–Kier alpha value is -1.27. The zero-order valence-electron chi connectivity index (χ0n) is 11.9. The van der Waals surface area contributed by atoms with Crippen molar-refractivity contribution in [2.45, 2.75) is 18.9 Å². The van der Waals surface area contributed by atoms with Crippen LogP contribution in [0.4, 0.5) is 5.69 Å². The normalized spacial score (nSPS) is 20.4. The molecule has 1 unspecified atom stereocenters. The van der Waals surface area contributed by atoms with Gasteiger partial charge >= 0.3 is 0 Å². The van der Waals surface area contributed by atoms with E-state index < -0.39 is 0 Å². The highest BCUT2D eigenvalue weighted by molar-refractivity contribution is 9.10. The Morgan fingerprint density at radius 1 is 1.60 bits per heavy atom. The summed E-state index contributed by atoms with van der Waals surface area (Å²) in [5.74, 6) is 0.113. The molecule has 0 aromatic heterocycles. The van der Waals surface area contributed by atoms with Gasteiger partial charge in [-0.15, -0.1) is 0 Å². The molecule has 1 heterocycles. The molecule has 0 spiro atoms. The summed E-state index contributed by atoms with van der Waals surface area (Å²) in [6.07, 6.45) is 2.53. The second-order valence-electron chi connectivity index (χ2n) is 5.31. The highest BCUT2D eigenvalue weighted by Gasteiger charge is 2.22. The van der Waals surface area contributed by atoms with Crippen molar-refractivity contribution in [1.82, 2.24) is 4.90 Å². The van der Waals surface area contributed by atoms with Crippen LogP contribution >= 0.6 is 15.9 Å². The molecule has 6 heteroatoms. The molecule has 0 radical (unpaired) electrons. The molecule has 0 amide bonds. The van der Waals surface area contributed by atoms with Crippen LogP contribution in [0.1, 0.15) is 18.4 Å². The van der Waals surface area contributed by atoms with Crippen LogP contribution in [-0.2, 0) is 0 Å². The number of halogens is 1. The number of likely N-dealkylation sites (tertiary alicyclic amines) is 1. The zero-order chi connectivity index (χ0) is 14.7. The minimum Gasteiger partial charge on any atom is -0.409 e. The molecule has 0 bridgehead atoms. The Balaban J connectivity index is 2.10. The molecule has 0 aliphatic carbocycles. The molecule has 1 fully saturated rings. The summed E-state index contributed by atoms with van der Waals surface area (Å²) in [5.41, 5.74) is 7.44. The first-order valence-electron chi connectivity index (χ1n) is 6.71. The van der Waals surface area contributed by atoms with Crippen molar-refractivity contribution in [2.75, 3.05) is 32.1 Å². The first kappa shape index (κ1) is 15.1. The van der Waals surface area contributed by atoms with Gasteiger partial charge in [0, 0.05) is 35.4 Å². The van der Waals surface area contributed by atoms with Crippen molar-refractivity contribution in [3.05, 3.63) is 28.2 Å². The molecule has 0 saturated carbocycles. The monoisotopic (exact) mass is 340 g/mol. The Morgan fingerprint density at radius 2 is 2.35 bits per heavy atom. The van der Waals surface area contributed by atoms with Gasteiger partial charge in [0.2, 0.25) is 0 Å². The molecule has 1 atom stereocenters. The van der Waals surface area contributed by atoms with Crippen molar-refractivity contribution >= 4 is 27.5 Å². The average Bonchev–Trinajstić information content (AvgIpc) is 2.83. The van der Waals surface area contributed by atoms with Crippen molar-refractivity contribution in [1.29, 1.82) is 0 Å². The lowest BCUT2D eigenvalue weighted by molar-refractivity contribution is 0.314. The molecule has 1 aromatic rings. The van der Waals surface area contributed by atoms with Gasteiger partial charge in [-0.1, -0.05) is 5.16 Å². The number of hydrogen-bond donors (Lipinski definition) is 2. The van der Waals surface area contributed by atoms with Crippen LogP contribution in [-0.4, -0.2) is 49.2 Å². The third-order valence-electron chi connectivity index (χ3n) is 3.93. The summed E-state index contributed by atoms with van der Waals surface area (Å²) in [6, 6.07) is 6.47. The standard InChI is InChI=1S/C14H21BrN4O/c1-18-7-3-4-11(18)9-19(2)10-5-6-12(13(15)8-10)14(16)17-20/h5-6,8,11,20H,3-4,7,9H2,1-2H3,(H2,16,17). The minimum atomic E-state index is 0.113. The summed E-state index contributed by atoms with van der Waals surface area (Å²) in [5, 5.41) is 11.8. The predicted molar refractivity (Wildman–Crippen MR) is 85.6 cm³/mol. The number of nitrogens with zero attached hydrogens (tertiary/aromatic N) is 3. The van der Waals surface area contributed by atoms with Crippen LogP contribution in [0.2, 0.25) is 0 Å². The van der Waals surface area contributed by atoms with E-state index in [9.17, 15) is 0 Å². The van der Waals surface area contributed by atoms with Gasteiger partial charge in [0.15, 0.2) is 5.84 Å². The first-order valence-corrected chi connectivity index (χ1v) is 7.51. The van der Waals surface area contributed by atoms with E-state index in [2.05, 4.69) is 45.0 Å². The zero-order valence-corrected chi connectivity index (χ0v) is 13.5. The molecule has 110 valence electrons. The summed E-state index contributed by atoms with van der Waals surface area (Å²) >= 11 is 3.47. The molecule has 1 saturated heterocycles. The fourth-order valence-corrected chi connectivity index (χ4v) is 3.20. The average molecular weight is 341 g/mol. The Labute approximate surface area is 128 Å². The van der Waals surface area contributed by atoms with E-state index in [1.54, 1.807) is 0 Å². The quantitative estimate of drug-likeness (QED) is 0.381. The molecule has 5 nitrogen and oxygen atoms in total. The highest BCUT2D eigenvalue weighted by atomic mass is 79.9. The van der Waals surface area contributed by atoms with Crippen LogP contribution in [0.15, 0.2) is 27.8 Å². The Kier molecular flexibility index (Phi) is 4.88. The second kappa shape index (κ2) is 6.45. The van der Waals surface area contributed by atoms with Crippen molar-refractivity contribution in [2.24, 2.45) is 10.9 Å². The van der Waals surface area contributed by atoms with Gasteiger partial charge in [-0.25, -0.2) is 0 Å². The van der Waals surface area contributed by atoms with Gasteiger partial charge in [0.25, 0.3) is 0 Å². The first-order chi connectivity index (χ1) is 9.52. The molecule has 1 aliphatic rings. The maximum absolute atomic E-state index is 8.74. The SMILES string of the molecule is CN(CC1CCCN1C)c1ccc(/C(N)=N/O)c(Br)c1. The number of oxime groups is 1. The number of nitrogens with two attached hydrogens (primary N) is 1. The smallest absolute Gasteiger partial charge is 0.171 e. The fraction of sp³-hybridized carbons (Fsp3) is 0.500. The third kappa shape index (κ3) is 3.24. The van der Waals surface area contributed by atoms with Gasteiger partial charge in [0.1, 0.15) is 0 Å². The van der Waals surface area contributed by atoms with E-state index in [4.69, 9.17) is 10.9 Å². The summed E-state index contributed by atoms with van der Waals surface area (Å²) < 4.78 is 0.830. The number of rotatable bonds is 4. The van der Waals surface area contributed by atoms with Crippen LogP contribution in [0, 0.1) is 0 Å². The predicted octanol–water partition coefficient (Wildman–Crippen LogP) is 2.07. The van der Waals surface area contributed by atoms with Gasteiger partial charge in [0.05, 0.1) is 0 Å². The van der Waals surface area contributed by atoms with Gasteiger partial charge in [-0.3, -0.25) is 0 Å².